The smallest absolute Gasteiger partial charge is 0.337 e. The van der Waals surface area contributed by atoms with Crippen LogP contribution in [-0.4, -0.2) is 22.1 Å². The maximum atomic E-state index is 11.0. The topological polar surface area (TPSA) is 88.2 Å². The van der Waals surface area contributed by atoms with Crippen molar-refractivity contribution in [3.8, 4) is 0 Å². The molecule has 0 fully saturated rings. The van der Waals surface area contributed by atoms with Gasteiger partial charge in [-0.05, 0) is 32.0 Å². The van der Waals surface area contributed by atoms with E-state index in [-0.39, 0.29) is 17.3 Å². The molecule has 0 spiro atoms. The van der Waals surface area contributed by atoms with E-state index in [0.29, 0.717) is 5.82 Å². The fourth-order valence-electron chi connectivity index (χ4n) is 1.96. The first kappa shape index (κ1) is 14.3. The van der Waals surface area contributed by atoms with Gasteiger partial charge < -0.3 is 16.2 Å². The number of nitrogens with one attached hydrogen (secondary N) is 1. The van der Waals surface area contributed by atoms with Gasteiger partial charge in [-0.15, -0.1) is 11.3 Å². The molecule has 106 valence electrons. The Hall–Kier alpha value is -2.08. The molecule has 2 aromatic rings. The van der Waals surface area contributed by atoms with Gasteiger partial charge in [0.2, 0.25) is 0 Å². The molecule has 0 bridgehead atoms. The summed E-state index contributed by atoms with van der Waals surface area (Å²) in [5, 5.41) is 12.2. The van der Waals surface area contributed by atoms with E-state index < -0.39 is 5.97 Å². The lowest BCUT2D eigenvalue weighted by Crippen LogP contribution is -2.20. The summed E-state index contributed by atoms with van der Waals surface area (Å²) in [7, 11) is 0. The van der Waals surface area contributed by atoms with Gasteiger partial charge in [0.15, 0.2) is 0 Å². The molecule has 2 heterocycles. The number of rotatable bonds is 5. The van der Waals surface area contributed by atoms with E-state index in [9.17, 15) is 4.79 Å². The first-order chi connectivity index (χ1) is 9.47. The number of aromatic nitrogens is 1. The van der Waals surface area contributed by atoms with Gasteiger partial charge in [-0.1, -0.05) is 0 Å². The van der Waals surface area contributed by atoms with E-state index in [1.807, 2.05) is 6.92 Å². The molecular formula is C14H17N3O2S. The van der Waals surface area contributed by atoms with Gasteiger partial charge in [0.1, 0.15) is 5.82 Å². The third-order valence-corrected chi connectivity index (χ3v) is 3.93. The maximum Gasteiger partial charge on any atom is 0.337 e. The van der Waals surface area contributed by atoms with E-state index in [4.69, 9.17) is 10.8 Å². The molecule has 0 aliphatic heterocycles. The molecule has 2 rings (SSSR count). The van der Waals surface area contributed by atoms with Crippen LogP contribution in [0.15, 0.2) is 24.4 Å². The number of nitrogen functional groups attached to an aromatic ring is 1. The molecule has 0 aliphatic carbocycles. The Morgan fingerprint density at radius 1 is 1.50 bits per heavy atom. The van der Waals surface area contributed by atoms with Crippen LogP contribution in [0.3, 0.4) is 0 Å². The van der Waals surface area contributed by atoms with Crippen LogP contribution in [-0.2, 0) is 6.42 Å². The summed E-state index contributed by atoms with van der Waals surface area (Å²) in [5.74, 6) is -0.625. The number of carboxylic acid groups (broad SMARTS) is 1. The summed E-state index contributed by atoms with van der Waals surface area (Å²) < 4.78 is 0. The highest BCUT2D eigenvalue weighted by Gasteiger charge is 2.14. The molecule has 0 aromatic carbocycles. The highest BCUT2D eigenvalue weighted by Crippen LogP contribution is 2.22. The summed E-state index contributed by atoms with van der Waals surface area (Å²) in [6.45, 7) is 4.09. The second-order valence-corrected chi connectivity index (χ2v) is 6.06. The monoisotopic (exact) mass is 291 g/mol. The fraction of sp³-hybridized carbons (Fsp3) is 0.286. The lowest BCUT2D eigenvalue weighted by Gasteiger charge is -2.15. The summed E-state index contributed by atoms with van der Waals surface area (Å²) in [5.41, 5.74) is 6.07. The molecular weight excluding hydrogens is 274 g/mol. The number of pyridine rings is 1. The molecule has 0 radical (unpaired) electrons. The van der Waals surface area contributed by atoms with Crippen molar-refractivity contribution in [2.45, 2.75) is 26.3 Å². The second-order valence-electron chi connectivity index (χ2n) is 4.69. The molecule has 0 aliphatic rings. The average Bonchev–Trinajstić information content (AvgIpc) is 2.77. The molecule has 4 N–H and O–H groups in total. The number of carbonyl (C=O) groups is 1. The fourth-order valence-corrected chi connectivity index (χ4v) is 2.97. The van der Waals surface area contributed by atoms with E-state index in [0.717, 1.165) is 6.42 Å². The maximum absolute atomic E-state index is 11.0. The van der Waals surface area contributed by atoms with Gasteiger partial charge in [0.25, 0.3) is 0 Å². The first-order valence-corrected chi connectivity index (χ1v) is 7.08. The second kappa shape index (κ2) is 5.92. The highest BCUT2D eigenvalue weighted by atomic mass is 32.1. The van der Waals surface area contributed by atoms with Crippen LogP contribution >= 0.6 is 11.3 Å². The zero-order chi connectivity index (χ0) is 14.7. The molecule has 6 heteroatoms. The number of carboxylic acids is 1. The Kier molecular flexibility index (Phi) is 4.24. The number of aromatic carboxylic acids is 1. The molecule has 20 heavy (non-hydrogen) atoms. The molecule has 5 nitrogen and oxygen atoms in total. The standard InChI is InChI=1S/C14H17N3O2S/c1-8(7-10-4-3-9(2)20-10)17-13-12(15)11(14(18)19)5-6-16-13/h3-6,8H,7,15H2,1-2H3,(H,16,17)(H,18,19). The van der Waals surface area contributed by atoms with E-state index >= 15 is 0 Å². The molecule has 0 saturated heterocycles. The third-order valence-electron chi connectivity index (χ3n) is 2.91. The Labute approximate surface area is 121 Å². The molecule has 1 unspecified atom stereocenters. The summed E-state index contributed by atoms with van der Waals surface area (Å²) in [6.07, 6.45) is 2.29. The minimum Gasteiger partial charge on any atom is -0.478 e. The van der Waals surface area contributed by atoms with Crippen LogP contribution in [0.25, 0.3) is 0 Å². The predicted octanol–water partition coefficient (Wildman–Crippen LogP) is 2.78. The lowest BCUT2D eigenvalue weighted by atomic mass is 10.2. The number of thiophene rings is 1. The Morgan fingerprint density at radius 2 is 2.25 bits per heavy atom. The van der Waals surface area contributed by atoms with Crippen molar-refractivity contribution in [2.24, 2.45) is 0 Å². The van der Waals surface area contributed by atoms with Crippen LogP contribution in [0.4, 0.5) is 11.5 Å². The van der Waals surface area contributed by atoms with Gasteiger partial charge in [-0.2, -0.15) is 0 Å². The quantitative estimate of drug-likeness (QED) is 0.788. The number of hydrogen-bond donors (Lipinski definition) is 3. The number of nitrogens with zero attached hydrogens (tertiary/aromatic N) is 1. The molecule has 2 aromatic heterocycles. The van der Waals surface area contributed by atoms with Crippen LogP contribution in [0.5, 0.6) is 0 Å². The van der Waals surface area contributed by atoms with Crippen molar-refractivity contribution in [1.29, 1.82) is 0 Å². The van der Waals surface area contributed by atoms with Gasteiger partial charge in [0, 0.05) is 28.4 Å². The van der Waals surface area contributed by atoms with Crippen molar-refractivity contribution in [2.75, 3.05) is 11.1 Å². The summed E-state index contributed by atoms with van der Waals surface area (Å²) >= 11 is 1.75. The third kappa shape index (κ3) is 3.27. The predicted molar refractivity (Wildman–Crippen MR) is 81.5 cm³/mol. The van der Waals surface area contributed by atoms with Gasteiger partial charge in [-0.25, -0.2) is 9.78 Å². The summed E-state index contributed by atoms with van der Waals surface area (Å²) in [6, 6.07) is 5.70. The van der Waals surface area contributed by atoms with Crippen molar-refractivity contribution < 1.29 is 9.90 Å². The lowest BCUT2D eigenvalue weighted by molar-refractivity contribution is 0.0698. The first-order valence-electron chi connectivity index (χ1n) is 6.27. The zero-order valence-corrected chi connectivity index (χ0v) is 12.2. The van der Waals surface area contributed by atoms with Crippen molar-refractivity contribution >= 4 is 28.8 Å². The summed E-state index contributed by atoms with van der Waals surface area (Å²) in [4.78, 5) is 17.7. The van der Waals surface area contributed by atoms with Crippen LogP contribution in [0.2, 0.25) is 0 Å². The Morgan fingerprint density at radius 3 is 2.85 bits per heavy atom. The number of anilines is 2. The van der Waals surface area contributed by atoms with Crippen molar-refractivity contribution in [1.82, 2.24) is 4.98 Å². The number of hydrogen-bond acceptors (Lipinski definition) is 5. The largest absolute Gasteiger partial charge is 0.478 e. The highest BCUT2D eigenvalue weighted by molar-refractivity contribution is 7.11. The molecule has 0 saturated carbocycles. The van der Waals surface area contributed by atoms with Crippen molar-refractivity contribution in [3.05, 3.63) is 39.7 Å². The molecule has 0 amide bonds. The van der Waals surface area contributed by atoms with Crippen LogP contribution in [0.1, 0.15) is 27.0 Å². The van der Waals surface area contributed by atoms with Gasteiger partial charge in [0.05, 0.1) is 11.3 Å². The molecule has 1 atom stereocenters. The Bertz CT molecular complexity index is 625. The van der Waals surface area contributed by atoms with Crippen molar-refractivity contribution in [3.63, 3.8) is 0 Å². The van der Waals surface area contributed by atoms with Crippen LogP contribution in [0, 0.1) is 6.92 Å². The van der Waals surface area contributed by atoms with Gasteiger partial charge in [-0.3, -0.25) is 0 Å². The number of aryl methyl sites for hydroxylation is 1. The van der Waals surface area contributed by atoms with E-state index in [1.54, 1.807) is 11.3 Å². The van der Waals surface area contributed by atoms with E-state index in [2.05, 4.69) is 29.4 Å². The Balaban J connectivity index is 2.09. The minimum atomic E-state index is -1.05. The van der Waals surface area contributed by atoms with Crippen LogP contribution < -0.4 is 11.1 Å². The normalized spacial score (nSPS) is 12.1. The van der Waals surface area contributed by atoms with Gasteiger partial charge >= 0.3 is 5.97 Å². The SMILES string of the molecule is Cc1ccc(CC(C)Nc2nccc(C(=O)O)c2N)s1. The zero-order valence-electron chi connectivity index (χ0n) is 11.4. The average molecular weight is 291 g/mol. The van der Waals surface area contributed by atoms with E-state index in [1.165, 1.54) is 22.0 Å². The minimum absolute atomic E-state index is 0.0710. The number of nitrogens with two attached hydrogens (primary N) is 1.